The number of anilines is 1. The first-order valence-electron chi connectivity index (χ1n) is 8.57. The Morgan fingerprint density at radius 2 is 1.68 bits per heavy atom. The summed E-state index contributed by atoms with van der Waals surface area (Å²) in [6.45, 7) is 8.44. The molecule has 2 rings (SSSR count). The summed E-state index contributed by atoms with van der Waals surface area (Å²) in [7, 11) is 0. The molecule has 25 heavy (non-hydrogen) atoms. The standard InChI is InChI=1S/C20H25ClN2O2/c1-4-23(5-2)18-10-6-16(7-11-18)14-22-20(24)15(3)25-19-12-8-17(21)9-13-19/h6-13,15H,4-5,14H2,1-3H3,(H,22,24)/t15-/m1/s1. The van der Waals surface area contributed by atoms with Gasteiger partial charge in [0, 0.05) is 30.3 Å². The number of nitrogens with one attached hydrogen (secondary N) is 1. The molecule has 0 aromatic heterocycles. The van der Waals surface area contributed by atoms with Crippen LogP contribution in [0.15, 0.2) is 48.5 Å². The second-order valence-corrected chi connectivity index (χ2v) is 6.21. The minimum atomic E-state index is -0.573. The smallest absolute Gasteiger partial charge is 0.261 e. The Bertz CT molecular complexity index is 667. The molecular formula is C20H25ClN2O2. The third-order valence-corrected chi connectivity index (χ3v) is 4.28. The van der Waals surface area contributed by atoms with E-state index in [9.17, 15) is 4.79 Å². The van der Waals surface area contributed by atoms with Crippen LogP contribution in [0, 0.1) is 0 Å². The highest BCUT2D eigenvalue weighted by Crippen LogP contribution is 2.17. The molecule has 1 amide bonds. The summed E-state index contributed by atoms with van der Waals surface area (Å²) in [6.07, 6.45) is -0.573. The number of hydrogen-bond donors (Lipinski definition) is 1. The topological polar surface area (TPSA) is 41.6 Å². The normalized spacial score (nSPS) is 11.7. The number of nitrogens with zero attached hydrogens (tertiary/aromatic N) is 1. The van der Waals surface area contributed by atoms with Gasteiger partial charge in [-0.2, -0.15) is 0 Å². The monoisotopic (exact) mass is 360 g/mol. The molecule has 4 nitrogen and oxygen atoms in total. The second kappa shape index (κ2) is 9.33. The summed E-state index contributed by atoms with van der Waals surface area (Å²) in [5, 5.41) is 3.54. The Hall–Kier alpha value is -2.20. The molecule has 1 N–H and O–H groups in total. The first-order chi connectivity index (χ1) is 12.0. The fraction of sp³-hybridized carbons (Fsp3) is 0.350. The van der Waals surface area contributed by atoms with Gasteiger partial charge in [-0.25, -0.2) is 0 Å². The Labute approximate surface area is 154 Å². The van der Waals surface area contributed by atoms with Crippen molar-refractivity contribution < 1.29 is 9.53 Å². The van der Waals surface area contributed by atoms with E-state index in [-0.39, 0.29) is 5.91 Å². The van der Waals surface area contributed by atoms with Crippen LogP contribution < -0.4 is 15.0 Å². The zero-order chi connectivity index (χ0) is 18.2. The second-order valence-electron chi connectivity index (χ2n) is 5.77. The average Bonchev–Trinajstić information content (AvgIpc) is 2.63. The van der Waals surface area contributed by atoms with Crippen LogP contribution in [0.1, 0.15) is 26.3 Å². The molecule has 0 bridgehead atoms. The Balaban J connectivity index is 1.85. The molecule has 2 aromatic rings. The largest absolute Gasteiger partial charge is 0.481 e. The van der Waals surface area contributed by atoms with Crippen molar-refractivity contribution in [2.24, 2.45) is 0 Å². The molecule has 0 aliphatic heterocycles. The lowest BCUT2D eigenvalue weighted by Gasteiger charge is -2.21. The molecule has 0 aliphatic carbocycles. The highest BCUT2D eigenvalue weighted by Gasteiger charge is 2.14. The molecule has 0 spiro atoms. The minimum absolute atomic E-state index is 0.150. The van der Waals surface area contributed by atoms with E-state index in [1.165, 1.54) is 5.69 Å². The number of ether oxygens (including phenoxy) is 1. The zero-order valence-electron chi connectivity index (χ0n) is 15.0. The lowest BCUT2D eigenvalue weighted by Crippen LogP contribution is -2.35. The summed E-state index contributed by atoms with van der Waals surface area (Å²) >= 11 is 5.84. The Morgan fingerprint density at radius 3 is 2.24 bits per heavy atom. The van der Waals surface area contributed by atoms with Crippen LogP contribution in [-0.4, -0.2) is 25.1 Å². The van der Waals surface area contributed by atoms with E-state index in [0.717, 1.165) is 18.7 Å². The van der Waals surface area contributed by atoms with Crippen LogP contribution in [0.25, 0.3) is 0 Å². The van der Waals surface area contributed by atoms with E-state index < -0.39 is 6.10 Å². The predicted octanol–water partition coefficient (Wildman–Crippen LogP) is 4.27. The van der Waals surface area contributed by atoms with Gasteiger partial charge in [0.15, 0.2) is 6.10 Å². The number of benzene rings is 2. The van der Waals surface area contributed by atoms with Crippen molar-refractivity contribution >= 4 is 23.2 Å². The van der Waals surface area contributed by atoms with E-state index in [4.69, 9.17) is 16.3 Å². The molecule has 5 heteroatoms. The van der Waals surface area contributed by atoms with Crippen molar-refractivity contribution in [1.82, 2.24) is 5.32 Å². The van der Waals surface area contributed by atoms with Gasteiger partial charge in [0.2, 0.25) is 0 Å². The highest BCUT2D eigenvalue weighted by molar-refractivity contribution is 6.30. The average molecular weight is 361 g/mol. The van der Waals surface area contributed by atoms with Gasteiger partial charge in [-0.15, -0.1) is 0 Å². The number of carbonyl (C=O) groups is 1. The number of halogens is 1. The van der Waals surface area contributed by atoms with Gasteiger partial charge in [0.25, 0.3) is 5.91 Å². The Kier molecular flexibility index (Phi) is 7.14. The molecule has 0 saturated carbocycles. The van der Waals surface area contributed by atoms with Crippen LogP contribution in [0.2, 0.25) is 5.02 Å². The van der Waals surface area contributed by atoms with Crippen LogP contribution in [0.3, 0.4) is 0 Å². The zero-order valence-corrected chi connectivity index (χ0v) is 15.7. The van der Waals surface area contributed by atoms with Crippen LogP contribution in [0.5, 0.6) is 5.75 Å². The van der Waals surface area contributed by atoms with Gasteiger partial charge in [-0.05, 0) is 62.7 Å². The lowest BCUT2D eigenvalue weighted by molar-refractivity contribution is -0.127. The van der Waals surface area contributed by atoms with Gasteiger partial charge in [-0.1, -0.05) is 23.7 Å². The van der Waals surface area contributed by atoms with E-state index >= 15 is 0 Å². The maximum atomic E-state index is 12.2. The van der Waals surface area contributed by atoms with Gasteiger partial charge in [0.05, 0.1) is 0 Å². The molecule has 1 atom stereocenters. The molecule has 0 fully saturated rings. The quantitative estimate of drug-likeness (QED) is 0.764. The van der Waals surface area contributed by atoms with Crippen molar-refractivity contribution in [1.29, 1.82) is 0 Å². The van der Waals surface area contributed by atoms with Crippen molar-refractivity contribution in [3.05, 3.63) is 59.1 Å². The third kappa shape index (κ3) is 5.68. The lowest BCUT2D eigenvalue weighted by atomic mass is 10.2. The molecule has 0 heterocycles. The number of amides is 1. The maximum absolute atomic E-state index is 12.2. The fourth-order valence-corrected chi connectivity index (χ4v) is 2.64. The van der Waals surface area contributed by atoms with Gasteiger partial charge in [0.1, 0.15) is 5.75 Å². The van der Waals surface area contributed by atoms with Crippen LogP contribution in [-0.2, 0) is 11.3 Å². The van der Waals surface area contributed by atoms with Crippen molar-refractivity contribution in [2.45, 2.75) is 33.4 Å². The van der Waals surface area contributed by atoms with Crippen LogP contribution >= 0.6 is 11.6 Å². The van der Waals surface area contributed by atoms with Gasteiger partial charge < -0.3 is 15.0 Å². The summed E-state index contributed by atoms with van der Waals surface area (Å²) in [4.78, 5) is 14.5. The summed E-state index contributed by atoms with van der Waals surface area (Å²) < 4.78 is 5.62. The number of carbonyl (C=O) groups excluding carboxylic acids is 1. The molecule has 2 aromatic carbocycles. The van der Waals surface area contributed by atoms with Crippen molar-refractivity contribution in [3.8, 4) is 5.75 Å². The van der Waals surface area contributed by atoms with E-state index in [1.807, 2.05) is 12.1 Å². The highest BCUT2D eigenvalue weighted by atomic mass is 35.5. The maximum Gasteiger partial charge on any atom is 0.261 e. The fourth-order valence-electron chi connectivity index (χ4n) is 2.52. The number of rotatable bonds is 8. The molecule has 0 aliphatic rings. The minimum Gasteiger partial charge on any atom is -0.481 e. The molecule has 0 unspecified atom stereocenters. The summed E-state index contributed by atoms with van der Waals surface area (Å²) in [5.74, 6) is 0.471. The summed E-state index contributed by atoms with van der Waals surface area (Å²) in [6, 6.07) is 15.2. The van der Waals surface area contributed by atoms with Gasteiger partial charge >= 0.3 is 0 Å². The first kappa shape index (κ1) is 19.1. The molecular weight excluding hydrogens is 336 g/mol. The first-order valence-corrected chi connectivity index (χ1v) is 8.95. The van der Waals surface area contributed by atoms with E-state index in [1.54, 1.807) is 31.2 Å². The number of hydrogen-bond acceptors (Lipinski definition) is 3. The summed E-state index contributed by atoms with van der Waals surface area (Å²) in [5.41, 5.74) is 2.25. The van der Waals surface area contributed by atoms with Crippen LogP contribution in [0.4, 0.5) is 5.69 Å². The van der Waals surface area contributed by atoms with Crippen molar-refractivity contribution in [2.75, 3.05) is 18.0 Å². The molecule has 0 saturated heterocycles. The third-order valence-electron chi connectivity index (χ3n) is 4.03. The molecule has 134 valence electrons. The predicted molar refractivity (Wildman–Crippen MR) is 103 cm³/mol. The van der Waals surface area contributed by atoms with E-state index in [2.05, 4.69) is 36.2 Å². The Morgan fingerprint density at radius 1 is 1.08 bits per heavy atom. The molecule has 0 radical (unpaired) electrons. The SMILES string of the molecule is CCN(CC)c1ccc(CNC(=O)[C@@H](C)Oc2ccc(Cl)cc2)cc1. The van der Waals surface area contributed by atoms with E-state index in [0.29, 0.717) is 17.3 Å². The van der Waals surface area contributed by atoms with Gasteiger partial charge in [-0.3, -0.25) is 4.79 Å². The van der Waals surface area contributed by atoms with Crippen molar-refractivity contribution in [3.63, 3.8) is 0 Å².